The number of rotatable bonds is 4. The molecule has 0 saturated heterocycles. The first-order valence-electron chi connectivity index (χ1n) is 10.3. The zero-order valence-electron chi connectivity index (χ0n) is 17.3. The van der Waals surface area contributed by atoms with Gasteiger partial charge in [-0.05, 0) is 42.5 Å². The van der Waals surface area contributed by atoms with E-state index < -0.39 is 0 Å². The van der Waals surface area contributed by atoms with Gasteiger partial charge in [-0.1, -0.05) is 23.7 Å². The van der Waals surface area contributed by atoms with Crippen LogP contribution in [-0.4, -0.2) is 38.0 Å². The lowest BCUT2D eigenvalue weighted by molar-refractivity contribution is 0.171. The lowest BCUT2D eigenvalue weighted by Crippen LogP contribution is -2.15. The fraction of sp³-hybridized carbons (Fsp3) is 0.0833. The van der Waals surface area contributed by atoms with Crippen molar-refractivity contribution >= 4 is 28.8 Å². The topological polar surface area (TPSA) is 86.5 Å². The Hall–Kier alpha value is -4.17. The van der Waals surface area contributed by atoms with Gasteiger partial charge in [-0.2, -0.15) is 9.73 Å². The van der Waals surface area contributed by atoms with E-state index in [-0.39, 0.29) is 0 Å². The number of hydrogen-bond acceptors (Lipinski definition) is 7. The molecule has 0 spiro atoms. The fourth-order valence-electron chi connectivity index (χ4n) is 3.76. The largest absolute Gasteiger partial charge is 0.486 e. The quantitative estimate of drug-likeness (QED) is 0.406. The molecule has 0 atom stereocenters. The molecule has 0 aliphatic carbocycles. The number of ether oxygens (including phenoxy) is 2. The molecule has 3 aromatic heterocycles. The average molecular weight is 457 g/mol. The molecule has 6 rings (SSSR count). The van der Waals surface area contributed by atoms with Gasteiger partial charge >= 0.3 is 0 Å². The minimum absolute atomic E-state index is 0.453. The maximum atomic E-state index is 6.09. The second-order valence-corrected chi connectivity index (χ2v) is 7.81. The Morgan fingerprint density at radius 2 is 1.76 bits per heavy atom. The maximum absolute atomic E-state index is 6.09. The highest BCUT2D eigenvalue weighted by atomic mass is 35.5. The van der Waals surface area contributed by atoms with Crippen molar-refractivity contribution in [2.75, 3.05) is 18.5 Å². The zero-order chi connectivity index (χ0) is 22.2. The van der Waals surface area contributed by atoms with Gasteiger partial charge in [0.15, 0.2) is 11.5 Å². The van der Waals surface area contributed by atoms with Gasteiger partial charge in [-0.25, -0.2) is 9.97 Å². The number of nitrogens with one attached hydrogen (secondary N) is 1. The molecule has 0 radical (unpaired) electrons. The Balaban J connectivity index is 1.42. The smallest absolute Gasteiger partial charge is 0.227 e. The van der Waals surface area contributed by atoms with Crippen molar-refractivity contribution in [3.63, 3.8) is 0 Å². The lowest BCUT2D eigenvalue weighted by Gasteiger charge is -2.19. The summed E-state index contributed by atoms with van der Waals surface area (Å²) in [6.07, 6.45) is 3.42. The van der Waals surface area contributed by atoms with Gasteiger partial charge in [0, 0.05) is 34.7 Å². The van der Waals surface area contributed by atoms with Crippen molar-refractivity contribution in [3.05, 3.63) is 78.1 Å². The van der Waals surface area contributed by atoms with E-state index in [1.807, 2.05) is 60.7 Å². The first kappa shape index (κ1) is 19.5. The van der Waals surface area contributed by atoms with Gasteiger partial charge < -0.3 is 14.8 Å². The number of benzene rings is 2. The van der Waals surface area contributed by atoms with Crippen LogP contribution in [0.25, 0.3) is 28.0 Å². The van der Waals surface area contributed by atoms with E-state index in [4.69, 9.17) is 31.2 Å². The van der Waals surface area contributed by atoms with Crippen LogP contribution in [0.4, 0.5) is 11.6 Å². The summed E-state index contributed by atoms with van der Waals surface area (Å²) < 4.78 is 12.9. The summed E-state index contributed by atoms with van der Waals surface area (Å²) in [5, 5.41) is 13.0. The Labute approximate surface area is 193 Å². The molecule has 1 aliphatic rings. The van der Waals surface area contributed by atoms with Gasteiger partial charge in [-0.15, -0.1) is 5.10 Å². The molecular formula is C24H17ClN6O2. The normalized spacial score (nSPS) is 12.6. The lowest BCUT2D eigenvalue weighted by atomic mass is 10.0. The van der Waals surface area contributed by atoms with Crippen LogP contribution >= 0.6 is 11.6 Å². The van der Waals surface area contributed by atoms with Gasteiger partial charge in [0.1, 0.15) is 18.9 Å². The molecule has 0 saturated carbocycles. The Bertz CT molecular complexity index is 1470. The molecule has 8 nitrogen and oxygen atoms in total. The number of anilines is 2. The molecule has 9 heteroatoms. The van der Waals surface area contributed by atoms with Crippen molar-refractivity contribution in [2.45, 2.75) is 0 Å². The average Bonchev–Trinajstić information content (AvgIpc) is 3.24. The molecule has 5 aromatic rings. The van der Waals surface area contributed by atoms with Gasteiger partial charge in [0.05, 0.1) is 16.8 Å². The standard InChI is InChI=1S/C24H17ClN6O2/c25-16-5-3-15(4-6-16)23-22(19-2-1-10-27-31(19)30-23)18-9-11-26-24(29-18)28-17-7-8-20-21(14-17)33-13-12-32-20/h1-11,14H,12-13H2,(H,26,28,29). The van der Waals surface area contributed by atoms with Crippen molar-refractivity contribution in [2.24, 2.45) is 0 Å². The van der Waals surface area contributed by atoms with Crippen LogP contribution in [0.2, 0.25) is 5.02 Å². The highest BCUT2D eigenvalue weighted by molar-refractivity contribution is 6.30. The van der Waals surface area contributed by atoms with E-state index in [1.54, 1.807) is 17.0 Å². The van der Waals surface area contributed by atoms with E-state index in [9.17, 15) is 0 Å². The molecule has 2 aromatic carbocycles. The Morgan fingerprint density at radius 1 is 0.909 bits per heavy atom. The predicted molar refractivity (Wildman–Crippen MR) is 125 cm³/mol. The number of aromatic nitrogens is 5. The number of hydrogen-bond donors (Lipinski definition) is 1. The zero-order valence-corrected chi connectivity index (χ0v) is 18.0. The third kappa shape index (κ3) is 3.70. The molecule has 1 aliphatic heterocycles. The van der Waals surface area contributed by atoms with Crippen LogP contribution in [0.1, 0.15) is 0 Å². The summed E-state index contributed by atoms with van der Waals surface area (Å²) in [6, 6.07) is 18.9. The second-order valence-electron chi connectivity index (χ2n) is 7.38. The van der Waals surface area contributed by atoms with Crippen LogP contribution in [-0.2, 0) is 0 Å². The molecule has 0 amide bonds. The molecule has 162 valence electrons. The Kier molecular flexibility index (Phi) is 4.77. The molecule has 0 bridgehead atoms. The van der Waals surface area contributed by atoms with Crippen molar-refractivity contribution < 1.29 is 9.47 Å². The van der Waals surface area contributed by atoms with Gasteiger partial charge in [-0.3, -0.25) is 0 Å². The van der Waals surface area contributed by atoms with Crippen molar-refractivity contribution in [1.29, 1.82) is 0 Å². The Morgan fingerprint density at radius 3 is 2.64 bits per heavy atom. The summed E-state index contributed by atoms with van der Waals surface area (Å²) in [7, 11) is 0. The van der Waals surface area contributed by atoms with Gasteiger partial charge in [0.25, 0.3) is 0 Å². The minimum Gasteiger partial charge on any atom is -0.486 e. The third-order valence-electron chi connectivity index (χ3n) is 5.25. The highest BCUT2D eigenvalue weighted by Gasteiger charge is 2.19. The summed E-state index contributed by atoms with van der Waals surface area (Å²) >= 11 is 6.09. The molecular weight excluding hydrogens is 440 g/mol. The molecule has 0 unspecified atom stereocenters. The molecule has 4 heterocycles. The predicted octanol–water partition coefficient (Wildman–Crippen LogP) is 5.02. The van der Waals surface area contributed by atoms with E-state index in [1.165, 1.54) is 0 Å². The van der Waals surface area contributed by atoms with Gasteiger partial charge in [0.2, 0.25) is 5.95 Å². The van der Waals surface area contributed by atoms with Crippen LogP contribution in [0.5, 0.6) is 11.5 Å². The fourth-order valence-corrected chi connectivity index (χ4v) is 3.89. The molecule has 33 heavy (non-hydrogen) atoms. The van der Waals surface area contributed by atoms with Crippen molar-refractivity contribution in [3.8, 4) is 34.0 Å². The number of fused-ring (bicyclic) bond motifs is 2. The third-order valence-corrected chi connectivity index (χ3v) is 5.50. The first-order valence-corrected chi connectivity index (χ1v) is 10.7. The minimum atomic E-state index is 0.453. The van der Waals surface area contributed by atoms with E-state index in [0.29, 0.717) is 29.9 Å². The monoisotopic (exact) mass is 456 g/mol. The van der Waals surface area contributed by atoms with Crippen LogP contribution < -0.4 is 14.8 Å². The van der Waals surface area contributed by atoms with E-state index >= 15 is 0 Å². The summed E-state index contributed by atoms with van der Waals surface area (Å²) in [6.45, 7) is 1.08. The van der Waals surface area contributed by atoms with Crippen LogP contribution in [0, 0.1) is 0 Å². The number of nitrogens with zero attached hydrogens (tertiary/aromatic N) is 5. The maximum Gasteiger partial charge on any atom is 0.227 e. The SMILES string of the molecule is Clc1ccc(-c2nn3ncccc3c2-c2ccnc(Nc3ccc4c(c3)OCCO4)n2)cc1. The molecule has 0 fully saturated rings. The van der Waals surface area contributed by atoms with E-state index in [2.05, 4.69) is 15.4 Å². The van der Waals surface area contributed by atoms with Crippen molar-refractivity contribution in [1.82, 2.24) is 24.8 Å². The van der Waals surface area contributed by atoms with Crippen LogP contribution in [0.3, 0.4) is 0 Å². The highest BCUT2D eigenvalue weighted by Crippen LogP contribution is 2.36. The summed E-state index contributed by atoms with van der Waals surface area (Å²) in [5.74, 6) is 1.88. The first-order chi connectivity index (χ1) is 16.2. The number of halogens is 1. The summed E-state index contributed by atoms with van der Waals surface area (Å²) in [5.41, 5.74) is 4.90. The molecule has 1 N–H and O–H groups in total. The summed E-state index contributed by atoms with van der Waals surface area (Å²) in [4.78, 5) is 9.17. The second kappa shape index (κ2) is 8.07. The van der Waals surface area contributed by atoms with Crippen LogP contribution in [0.15, 0.2) is 73.1 Å². The van der Waals surface area contributed by atoms with E-state index in [0.717, 1.165) is 39.5 Å².